The first-order valence-electron chi connectivity index (χ1n) is 5.79. The minimum atomic E-state index is -0.416. The predicted octanol–water partition coefficient (Wildman–Crippen LogP) is 1.85. The highest BCUT2D eigenvalue weighted by Gasteiger charge is 2.30. The summed E-state index contributed by atoms with van der Waals surface area (Å²) < 4.78 is 13.3. The number of hydrogen-bond donors (Lipinski definition) is 1. The number of aliphatic hydroxyl groups excluding tert-OH is 1. The summed E-state index contributed by atoms with van der Waals surface area (Å²) >= 11 is 0. The maximum atomic E-state index is 13.3. The maximum absolute atomic E-state index is 13.3. The first kappa shape index (κ1) is 12.0. The molecule has 0 amide bonds. The molecular formula is C13H16FNO2. The van der Waals surface area contributed by atoms with Gasteiger partial charge in [0.25, 0.3) is 0 Å². The predicted molar refractivity (Wildman–Crippen MR) is 63.8 cm³/mol. The van der Waals surface area contributed by atoms with Crippen molar-refractivity contribution in [1.29, 1.82) is 0 Å². The van der Waals surface area contributed by atoms with Crippen LogP contribution in [0.2, 0.25) is 0 Å². The number of aliphatic hydroxyl groups is 1. The molecule has 1 aromatic rings. The van der Waals surface area contributed by atoms with E-state index in [2.05, 4.69) is 6.92 Å². The zero-order valence-electron chi connectivity index (χ0n) is 9.77. The number of nitrogens with zero attached hydrogens (tertiary/aromatic N) is 1. The van der Waals surface area contributed by atoms with E-state index in [9.17, 15) is 14.3 Å². The fourth-order valence-electron chi connectivity index (χ4n) is 2.44. The van der Waals surface area contributed by atoms with Crippen molar-refractivity contribution in [2.24, 2.45) is 5.92 Å². The molecule has 1 N–H and O–H groups in total. The second-order valence-electron chi connectivity index (χ2n) is 4.57. The Labute approximate surface area is 99.9 Å². The van der Waals surface area contributed by atoms with Crippen molar-refractivity contribution in [1.82, 2.24) is 0 Å². The minimum Gasteiger partial charge on any atom is -0.394 e. The van der Waals surface area contributed by atoms with Crippen LogP contribution in [-0.4, -0.2) is 30.6 Å². The van der Waals surface area contributed by atoms with E-state index in [4.69, 9.17) is 0 Å². The lowest BCUT2D eigenvalue weighted by atomic mass is 10.0. The van der Waals surface area contributed by atoms with Gasteiger partial charge in [-0.15, -0.1) is 0 Å². The average Bonchev–Trinajstić information content (AvgIpc) is 2.69. The van der Waals surface area contributed by atoms with Crippen LogP contribution in [0.5, 0.6) is 0 Å². The van der Waals surface area contributed by atoms with Crippen LogP contribution >= 0.6 is 0 Å². The SMILES string of the molecule is CC1CCN(c2cc(F)cc(C=O)c2)C1CO. The molecule has 17 heavy (non-hydrogen) atoms. The summed E-state index contributed by atoms with van der Waals surface area (Å²) in [5, 5.41) is 9.36. The van der Waals surface area contributed by atoms with Crippen molar-refractivity contribution in [2.45, 2.75) is 19.4 Å². The maximum Gasteiger partial charge on any atom is 0.150 e. The highest BCUT2D eigenvalue weighted by molar-refractivity contribution is 5.77. The quantitative estimate of drug-likeness (QED) is 0.815. The van der Waals surface area contributed by atoms with Gasteiger partial charge in [-0.05, 0) is 30.5 Å². The van der Waals surface area contributed by atoms with E-state index >= 15 is 0 Å². The summed E-state index contributed by atoms with van der Waals surface area (Å²) in [6, 6.07) is 4.30. The van der Waals surface area contributed by atoms with Crippen molar-refractivity contribution in [3.8, 4) is 0 Å². The summed E-state index contributed by atoms with van der Waals surface area (Å²) in [5.74, 6) is -0.0382. The van der Waals surface area contributed by atoms with Crippen LogP contribution in [0.1, 0.15) is 23.7 Å². The van der Waals surface area contributed by atoms with Gasteiger partial charge < -0.3 is 10.0 Å². The van der Waals surface area contributed by atoms with Crippen LogP contribution in [0, 0.1) is 11.7 Å². The highest BCUT2D eigenvalue weighted by Crippen LogP contribution is 2.30. The number of carbonyl (C=O) groups excluding carboxylic acids is 1. The lowest BCUT2D eigenvalue weighted by Gasteiger charge is -2.27. The van der Waals surface area contributed by atoms with Crippen molar-refractivity contribution in [3.05, 3.63) is 29.6 Å². The highest BCUT2D eigenvalue weighted by atomic mass is 19.1. The van der Waals surface area contributed by atoms with Gasteiger partial charge in [0.05, 0.1) is 12.6 Å². The van der Waals surface area contributed by atoms with Gasteiger partial charge >= 0.3 is 0 Å². The molecule has 0 aliphatic carbocycles. The number of benzene rings is 1. The molecule has 1 aliphatic rings. The molecule has 4 heteroatoms. The molecule has 92 valence electrons. The molecule has 1 fully saturated rings. The fraction of sp³-hybridized carbons (Fsp3) is 0.462. The molecule has 1 saturated heterocycles. The van der Waals surface area contributed by atoms with Gasteiger partial charge in [0, 0.05) is 17.8 Å². The number of rotatable bonds is 3. The molecule has 1 heterocycles. The zero-order chi connectivity index (χ0) is 12.4. The molecule has 2 rings (SSSR count). The van der Waals surface area contributed by atoms with Gasteiger partial charge in [0.2, 0.25) is 0 Å². The molecule has 0 spiro atoms. The second kappa shape index (κ2) is 4.84. The number of anilines is 1. The minimum absolute atomic E-state index is 0.0105. The molecule has 2 atom stereocenters. The third-order valence-electron chi connectivity index (χ3n) is 3.44. The molecule has 3 nitrogen and oxygen atoms in total. The van der Waals surface area contributed by atoms with E-state index in [-0.39, 0.29) is 12.6 Å². The summed E-state index contributed by atoms with van der Waals surface area (Å²) in [4.78, 5) is 12.7. The van der Waals surface area contributed by atoms with E-state index in [1.807, 2.05) is 4.90 Å². The van der Waals surface area contributed by atoms with Gasteiger partial charge in [-0.25, -0.2) is 4.39 Å². The first-order chi connectivity index (χ1) is 8.15. The van der Waals surface area contributed by atoms with E-state index in [0.717, 1.165) is 13.0 Å². The van der Waals surface area contributed by atoms with Crippen molar-refractivity contribution >= 4 is 12.0 Å². The normalized spacial score (nSPS) is 24.1. The summed E-state index contributed by atoms with van der Waals surface area (Å²) in [6.07, 6.45) is 1.61. The number of aldehydes is 1. The summed E-state index contributed by atoms with van der Waals surface area (Å²) in [7, 11) is 0. The third-order valence-corrected chi connectivity index (χ3v) is 3.44. The Morgan fingerprint density at radius 3 is 2.94 bits per heavy atom. The second-order valence-corrected chi connectivity index (χ2v) is 4.57. The van der Waals surface area contributed by atoms with E-state index < -0.39 is 5.82 Å². The van der Waals surface area contributed by atoms with Gasteiger partial charge in [-0.3, -0.25) is 4.79 Å². The van der Waals surface area contributed by atoms with Crippen molar-refractivity contribution < 1.29 is 14.3 Å². The Morgan fingerprint density at radius 1 is 1.53 bits per heavy atom. The fourth-order valence-corrected chi connectivity index (χ4v) is 2.44. The van der Waals surface area contributed by atoms with Crippen molar-refractivity contribution in [2.75, 3.05) is 18.1 Å². The molecule has 0 bridgehead atoms. The van der Waals surface area contributed by atoms with Crippen LogP contribution in [0.4, 0.5) is 10.1 Å². The first-order valence-corrected chi connectivity index (χ1v) is 5.79. The Hall–Kier alpha value is -1.42. The Bertz CT molecular complexity index is 422. The Morgan fingerprint density at radius 2 is 2.29 bits per heavy atom. The lowest BCUT2D eigenvalue weighted by molar-refractivity contribution is 0.112. The molecule has 1 aliphatic heterocycles. The lowest BCUT2D eigenvalue weighted by Crippen LogP contribution is -2.35. The molecular weight excluding hydrogens is 221 g/mol. The topological polar surface area (TPSA) is 40.5 Å². The molecule has 1 aromatic carbocycles. The van der Waals surface area contributed by atoms with Crippen molar-refractivity contribution in [3.63, 3.8) is 0 Å². The zero-order valence-corrected chi connectivity index (χ0v) is 9.77. The molecule has 2 unspecified atom stereocenters. The summed E-state index contributed by atoms with van der Waals surface area (Å²) in [6.45, 7) is 2.91. The molecule has 0 aromatic heterocycles. The largest absolute Gasteiger partial charge is 0.394 e. The van der Waals surface area contributed by atoms with Gasteiger partial charge in [0.15, 0.2) is 0 Å². The smallest absolute Gasteiger partial charge is 0.150 e. The third kappa shape index (κ3) is 2.31. The van der Waals surface area contributed by atoms with E-state index in [1.165, 1.54) is 12.1 Å². The molecule has 0 saturated carbocycles. The number of carbonyl (C=O) groups is 1. The Balaban J connectivity index is 2.33. The van der Waals surface area contributed by atoms with Crippen LogP contribution < -0.4 is 4.90 Å². The average molecular weight is 237 g/mol. The number of halogens is 1. The van der Waals surface area contributed by atoms with E-state index in [0.29, 0.717) is 23.5 Å². The van der Waals surface area contributed by atoms with Crippen LogP contribution in [0.25, 0.3) is 0 Å². The van der Waals surface area contributed by atoms with Crippen LogP contribution in [0.3, 0.4) is 0 Å². The standard InChI is InChI=1S/C13H16FNO2/c1-9-2-3-15(13(9)8-17)12-5-10(7-16)4-11(14)6-12/h4-7,9,13,17H,2-3,8H2,1H3. The number of hydrogen-bond acceptors (Lipinski definition) is 3. The monoisotopic (exact) mass is 237 g/mol. The molecule has 0 radical (unpaired) electrons. The van der Waals surface area contributed by atoms with Gasteiger partial charge in [-0.2, -0.15) is 0 Å². The van der Waals surface area contributed by atoms with E-state index in [1.54, 1.807) is 6.07 Å². The van der Waals surface area contributed by atoms with Crippen LogP contribution in [-0.2, 0) is 0 Å². The van der Waals surface area contributed by atoms with Gasteiger partial charge in [0.1, 0.15) is 12.1 Å². The van der Waals surface area contributed by atoms with Gasteiger partial charge in [-0.1, -0.05) is 6.92 Å². The Kier molecular flexibility index (Phi) is 3.43. The van der Waals surface area contributed by atoms with Crippen LogP contribution in [0.15, 0.2) is 18.2 Å². The summed E-state index contributed by atoms with van der Waals surface area (Å²) in [5.41, 5.74) is 1.01.